The number of carbonyl (C=O) groups is 1. The predicted molar refractivity (Wildman–Crippen MR) is 139 cm³/mol. The summed E-state index contributed by atoms with van der Waals surface area (Å²) in [6.07, 6.45) is 1.72. The molecule has 4 rings (SSSR count). The van der Waals surface area contributed by atoms with Crippen molar-refractivity contribution in [2.24, 2.45) is 0 Å². The zero-order chi connectivity index (χ0) is 24.1. The zero-order valence-corrected chi connectivity index (χ0v) is 21.0. The van der Waals surface area contributed by atoms with Crippen LogP contribution in [0.4, 0.5) is 0 Å². The van der Waals surface area contributed by atoms with E-state index in [2.05, 4.69) is 27.6 Å². The highest BCUT2D eigenvalue weighted by Gasteiger charge is 2.20. The van der Waals surface area contributed by atoms with Gasteiger partial charge < -0.3 is 5.32 Å². The second-order valence-electron chi connectivity index (χ2n) is 7.62. The zero-order valence-electron chi connectivity index (χ0n) is 17.9. The van der Waals surface area contributed by atoms with Gasteiger partial charge in [-0.05, 0) is 54.8 Å². The number of aryl methyl sites for hydroxylation is 1. The molecule has 0 spiro atoms. The second-order valence-corrected chi connectivity index (χ2v) is 9.30. The van der Waals surface area contributed by atoms with E-state index in [9.17, 15) is 4.79 Å². The van der Waals surface area contributed by atoms with Crippen molar-refractivity contribution in [2.45, 2.75) is 19.4 Å². The fourth-order valence-corrected chi connectivity index (χ4v) is 4.49. The first-order valence-electron chi connectivity index (χ1n) is 10.6. The van der Waals surface area contributed by atoms with Crippen LogP contribution in [0.25, 0.3) is 22.5 Å². The van der Waals surface area contributed by atoms with Crippen LogP contribution < -0.4 is 5.32 Å². The lowest BCUT2D eigenvalue weighted by atomic mass is 10.0. The molecule has 0 radical (unpaired) electrons. The van der Waals surface area contributed by atoms with E-state index in [1.165, 1.54) is 10.4 Å². The van der Waals surface area contributed by atoms with E-state index >= 15 is 0 Å². The molecule has 1 N–H and O–H groups in total. The average Bonchev–Trinajstić information content (AvgIpc) is 3.20. The standard InChI is InChI=1S/C25H20Cl4N4O/c26-17-8-10-19(21(28)13-17)24-25(20-11-9-18(27)14-22(20)29)32-33(31-24)15-23(34)30-12-4-7-16-5-2-1-3-6-16/h1-3,5-6,8-11,13-14H,4,7,12,15H2,(H,30,34). The van der Waals surface area contributed by atoms with Gasteiger partial charge in [0.15, 0.2) is 0 Å². The van der Waals surface area contributed by atoms with Crippen molar-refractivity contribution in [3.8, 4) is 22.5 Å². The van der Waals surface area contributed by atoms with Crippen LogP contribution in [0.15, 0.2) is 66.7 Å². The van der Waals surface area contributed by atoms with Gasteiger partial charge in [-0.25, -0.2) is 0 Å². The molecule has 1 heterocycles. The fraction of sp³-hybridized carbons (Fsp3) is 0.160. The first kappa shape index (κ1) is 24.6. The van der Waals surface area contributed by atoms with Gasteiger partial charge in [-0.1, -0.05) is 76.7 Å². The van der Waals surface area contributed by atoms with Crippen LogP contribution in [0.1, 0.15) is 12.0 Å². The van der Waals surface area contributed by atoms with Gasteiger partial charge in [0.05, 0.1) is 10.0 Å². The number of carbonyl (C=O) groups excluding carboxylic acids is 1. The summed E-state index contributed by atoms with van der Waals surface area (Å²) < 4.78 is 0. The molecule has 0 saturated carbocycles. The summed E-state index contributed by atoms with van der Waals surface area (Å²) >= 11 is 25.0. The lowest BCUT2D eigenvalue weighted by Gasteiger charge is -2.06. The number of rotatable bonds is 8. The van der Waals surface area contributed by atoms with E-state index < -0.39 is 0 Å². The number of hydrogen-bond acceptors (Lipinski definition) is 3. The van der Waals surface area contributed by atoms with E-state index in [0.29, 0.717) is 49.2 Å². The van der Waals surface area contributed by atoms with Gasteiger partial charge in [-0.3, -0.25) is 4.79 Å². The Hall–Kier alpha value is -2.57. The Balaban J connectivity index is 1.53. The van der Waals surface area contributed by atoms with Crippen molar-refractivity contribution in [2.75, 3.05) is 6.54 Å². The van der Waals surface area contributed by atoms with E-state index in [1.807, 2.05) is 18.2 Å². The third-order valence-corrected chi connectivity index (χ3v) is 6.22. The molecule has 34 heavy (non-hydrogen) atoms. The van der Waals surface area contributed by atoms with Crippen LogP contribution in [0.2, 0.25) is 20.1 Å². The topological polar surface area (TPSA) is 59.8 Å². The van der Waals surface area contributed by atoms with E-state index in [-0.39, 0.29) is 12.5 Å². The first-order valence-corrected chi connectivity index (χ1v) is 12.1. The molecule has 3 aromatic carbocycles. The van der Waals surface area contributed by atoms with Gasteiger partial charge >= 0.3 is 0 Å². The predicted octanol–water partition coefficient (Wildman–Crippen LogP) is 6.97. The maximum absolute atomic E-state index is 12.5. The molecule has 0 fully saturated rings. The summed E-state index contributed by atoms with van der Waals surface area (Å²) in [4.78, 5) is 13.9. The molecular weight excluding hydrogens is 514 g/mol. The summed E-state index contributed by atoms with van der Waals surface area (Å²) in [5.74, 6) is -0.189. The van der Waals surface area contributed by atoms with Crippen LogP contribution in [0.5, 0.6) is 0 Å². The Morgan fingerprint density at radius 3 is 1.88 bits per heavy atom. The maximum atomic E-state index is 12.5. The largest absolute Gasteiger partial charge is 0.354 e. The van der Waals surface area contributed by atoms with Gasteiger partial charge in [0.2, 0.25) is 5.91 Å². The molecular formula is C25H20Cl4N4O. The Morgan fingerprint density at radius 1 is 0.794 bits per heavy atom. The monoisotopic (exact) mass is 532 g/mol. The summed E-state index contributed by atoms with van der Waals surface area (Å²) in [5, 5.41) is 13.9. The third-order valence-electron chi connectivity index (χ3n) is 5.12. The van der Waals surface area contributed by atoms with Crippen LogP contribution in [-0.4, -0.2) is 27.4 Å². The normalized spacial score (nSPS) is 10.9. The molecule has 0 atom stereocenters. The number of nitrogens with one attached hydrogen (secondary N) is 1. The number of nitrogens with zero attached hydrogens (tertiary/aromatic N) is 3. The number of benzene rings is 3. The maximum Gasteiger partial charge on any atom is 0.243 e. The second kappa shape index (κ2) is 11.2. The van der Waals surface area contributed by atoms with Crippen LogP contribution in [0.3, 0.4) is 0 Å². The lowest BCUT2D eigenvalue weighted by Crippen LogP contribution is -2.29. The molecule has 9 heteroatoms. The van der Waals surface area contributed by atoms with E-state index in [4.69, 9.17) is 46.4 Å². The van der Waals surface area contributed by atoms with E-state index in [0.717, 1.165) is 12.8 Å². The van der Waals surface area contributed by atoms with Crippen LogP contribution in [0, 0.1) is 0 Å². The van der Waals surface area contributed by atoms with Crippen molar-refractivity contribution in [3.63, 3.8) is 0 Å². The number of hydrogen-bond donors (Lipinski definition) is 1. The van der Waals surface area contributed by atoms with Gasteiger partial charge in [-0.2, -0.15) is 15.0 Å². The van der Waals surface area contributed by atoms with Crippen molar-refractivity contribution >= 4 is 52.3 Å². The highest BCUT2D eigenvalue weighted by molar-refractivity contribution is 6.37. The Bertz CT molecular complexity index is 1240. The summed E-state index contributed by atoms with van der Waals surface area (Å²) in [5.41, 5.74) is 3.47. The Labute approximate surface area is 217 Å². The quantitative estimate of drug-likeness (QED) is 0.249. The smallest absolute Gasteiger partial charge is 0.243 e. The molecule has 1 aromatic heterocycles. The first-order chi connectivity index (χ1) is 16.4. The van der Waals surface area contributed by atoms with E-state index in [1.54, 1.807) is 36.4 Å². The van der Waals surface area contributed by atoms with Crippen LogP contribution >= 0.6 is 46.4 Å². The Kier molecular flexibility index (Phi) is 8.11. The molecule has 1 amide bonds. The minimum atomic E-state index is -0.189. The third kappa shape index (κ3) is 6.10. The molecule has 0 unspecified atom stereocenters. The molecule has 0 saturated heterocycles. The van der Waals surface area contributed by atoms with Gasteiger partial charge in [0, 0.05) is 27.7 Å². The molecule has 0 aliphatic heterocycles. The lowest BCUT2D eigenvalue weighted by molar-refractivity contribution is -0.122. The molecule has 174 valence electrons. The summed E-state index contributed by atoms with van der Waals surface area (Å²) in [6, 6.07) is 20.4. The number of amides is 1. The fourth-order valence-electron chi connectivity index (χ4n) is 3.49. The molecule has 0 aliphatic rings. The summed E-state index contributed by atoms with van der Waals surface area (Å²) in [7, 11) is 0. The Morgan fingerprint density at radius 2 is 1.35 bits per heavy atom. The van der Waals surface area contributed by atoms with Gasteiger partial charge in [0.1, 0.15) is 17.9 Å². The molecule has 0 aliphatic carbocycles. The number of halogens is 4. The number of aromatic nitrogens is 3. The van der Waals surface area contributed by atoms with Crippen molar-refractivity contribution in [3.05, 3.63) is 92.4 Å². The summed E-state index contributed by atoms with van der Waals surface area (Å²) in [6.45, 7) is 0.509. The van der Waals surface area contributed by atoms with Crippen molar-refractivity contribution in [1.29, 1.82) is 0 Å². The molecule has 5 nitrogen and oxygen atoms in total. The molecule has 4 aromatic rings. The SMILES string of the molecule is O=C(Cn1nc(-c2ccc(Cl)cc2Cl)c(-c2ccc(Cl)cc2Cl)n1)NCCCc1ccccc1. The van der Waals surface area contributed by atoms with Crippen molar-refractivity contribution in [1.82, 2.24) is 20.3 Å². The molecule has 0 bridgehead atoms. The average molecular weight is 534 g/mol. The highest BCUT2D eigenvalue weighted by Crippen LogP contribution is 2.38. The highest BCUT2D eigenvalue weighted by atomic mass is 35.5. The minimum Gasteiger partial charge on any atom is -0.354 e. The van der Waals surface area contributed by atoms with Gasteiger partial charge in [-0.15, -0.1) is 0 Å². The van der Waals surface area contributed by atoms with Crippen molar-refractivity contribution < 1.29 is 4.79 Å². The van der Waals surface area contributed by atoms with Crippen LogP contribution in [-0.2, 0) is 17.8 Å². The van der Waals surface area contributed by atoms with Gasteiger partial charge in [0.25, 0.3) is 0 Å². The minimum absolute atomic E-state index is 0.0469.